The van der Waals surface area contributed by atoms with Crippen LogP contribution in [-0.2, 0) is 9.59 Å². The third kappa shape index (κ3) is 6.19. The molecule has 0 atom stereocenters. The fourth-order valence-corrected chi connectivity index (χ4v) is 2.49. The number of hydrogen-bond acceptors (Lipinski definition) is 3. The maximum Gasteiger partial charge on any atom is 0.224 e. The van der Waals surface area contributed by atoms with Gasteiger partial charge in [-0.25, -0.2) is 4.39 Å². The van der Waals surface area contributed by atoms with Crippen molar-refractivity contribution in [2.24, 2.45) is 0 Å². The van der Waals surface area contributed by atoms with Crippen molar-refractivity contribution in [1.29, 1.82) is 0 Å². The number of carbonyl (C=O) groups excluding carboxylic acids is 2. The zero-order valence-corrected chi connectivity index (χ0v) is 15.2. The van der Waals surface area contributed by atoms with Crippen LogP contribution in [0.15, 0.2) is 46.9 Å². The van der Waals surface area contributed by atoms with Crippen molar-refractivity contribution in [3.63, 3.8) is 0 Å². The van der Waals surface area contributed by atoms with Gasteiger partial charge in [0.2, 0.25) is 11.8 Å². The number of nitrogens with one attached hydrogen (secondary N) is 2. The Kier molecular flexibility index (Phi) is 6.94. The van der Waals surface area contributed by atoms with Gasteiger partial charge in [-0.3, -0.25) is 9.59 Å². The summed E-state index contributed by atoms with van der Waals surface area (Å²) in [5, 5.41) is 5.04. The van der Waals surface area contributed by atoms with Crippen LogP contribution in [0, 0.1) is 5.82 Å². The van der Waals surface area contributed by atoms with E-state index in [0.29, 0.717) is 24.5 Å². The second kappa shape index (κ2) is 9.17. The molecule has 2 rings (SSSR count). The topological polar surface area (TPSA) is 67.4 Å². The van der Waals surface area contributed by atoms with Crippen LogP contribution in [0.5, 0.6) is 5.75 Å². The lowest BCUT2D eigenvalue weighted by molar-refractivity contribution is -0.116. The minimum absolute atomic E-state index is 0.0305. The van der Waals surface area contributed by atoms with Gasteiger partial charge in [-0.15, -0.1) is 0 Å². The summed E-state index contributed by atoms with van der Waals surface area (Å²) in [6.07, 6.45) is 0.675. The summed E-state index contributed by atoms with van der Waals surface area (Å²) in [5.74, 6) is -0.452. The Hall–Kier alpha value is -2.41. The molecule has 0 aromatic heterocycles. The van der Waals surface area contributed by atoms with Crippen molar-refractivity contribution in [2.75, 3.05) is 17.2 Å². The second-order valence-corrected chi connectivity index (χ2v) is 6.16. The lowest BCUT2D eigenvalue weighted by Crippen LogP contribution is -2.14. The van der Waals surface area contributed by atoms with Crippen LogP contribution in [0.2, 0.25) is 0 Å². The molecule has 0 heterocycles. The third-order valence-corrected chi connectivity index (χ3v) is 3.86. The van der Waals surface area contributed by atoms with Crippen molar-refractivity contribution < 1.29 is 18.7 Å². The summed E-state index contributed by atoms with van der Waals surface area (Å²) >= 11 is 3.38. The van der Waals surface area contributed by atoms with Crippen LogP contribution in [0.1, 0.15) is 19.8 Å². The molecular weight excluding hydrogens is 391 g/mol. The van der Waals surface area contributed by atoms with Crippen molar-refractivity contribution in [3.05, 3.63) is 52.8 Å². The van der Waals surface area contributed by atoms with Crippen LogP contribution in [0.25, 0.3) is 0 Å². The van der Waals surface area contributed by atoms with E-state index in [4.69, 9.17) is 4.74 Å². The maximum atomic E-state index is 13.8. The minimum atomic E-state index is -0.563. The standard InChI is InChI=1S/C18H18BrFN2O3/c1-12(23)21-13-8-9-15(20)16(11-13)22-18(24)7-4-10-25-17-6-3-2-5-14(17)19/h2-3,5-6,8-9,11H,4,7,10H2,1H3,(H,21,23)(H,22,24). The Labute approximate surface area is 153 Å². The van der Waals surface area contributed by atoms with E-state index >= 15 is 0 Å². The summed E-state index contributed by atoms with van der Waals surface area (Å²) in [6, 6.07) is 11.4. The van der Waals surface area contributed by atoms with E-state index in [-0.39, 0.29) is 23.9 Å². The SMILES string of the molecule is CC(=O)Nc1ccc(F)c(NC(=O)CCCOc2ccccc2Br)c1. The molecule has 0 aliphatic carbocycles. The summed E-state index contributed by atoms with van der Waals surface area (Å²) in [5.41, 5.74) is 0.449. The predicted molar refractivity (Wildman–Crippen MR) is 98.2 cm³/mol. The number of halogens is 2. The van der Waals surface area contributed by atoms with E-state index in [2.05, 4.69) is 26.6 Å². The molecule has 0 bridgehead atoms. The summed E-state index contributed by atoms with van der Waals surface area (Å²) in [6.45, 7) is 1.72. The molecule has 5 nitrogen and oxygen atoms in total. The van der Waals surface area contributed by atoms with Gasteiger partial charge >= 0.3 is 0 Å². The van der Waals surface area contributed by atoms with Crippen LogP contribution in [0.3, 0.4) is 0 Å². The smallest absolute Gasteiger partial charge is 0.224 e. The fraction of sp³-hybridized carbons (Fsp3) is 0.222. The van der Waals surface area contributed by atoms with E-state index in [9.17, 15) is 14.0 Å². The number of anilines is 2. The monoisotopic (exact) mass is 408 g/mol. The second-order valence-electron chi connectivity index (χ2n) is 5.31. The lowest BCUT2D eigenvalue weighted by atomic mass is 10.2. The van der Waals surface area contributed by atoms with Crippen molar-refractivity contribution in [1.82, 2.24) is 0 Å². The zero-order chi connectivity index (χ0) is 18.2. The zero-order valence-electron chi connectivity index (χ0n) is 13.6. The minimum Gasteiger partial charge on any atom is -0.492 e. The molecule has 0 aliphatic heterocycles. The molecule has 0 radical (unpaired) electrons. The van der Waals surface area contributed by atoms with Crippen molar-refractivity contribution >= 4 is 39.1 Å². The molecule has 2 amide bonds. The number of hydrogen-bond donors (Lipinski definition) is 2. The molecule has 2 aromatic rings. The first kappa shape index (κ1) is 18.9. The number of rotatable bonds is 7. The van der Waals surface area contributed by atoms with Gasteiger partial charge in [0.15, 0.2) is 0 Å². The first-order chi connectivity index (χ1) is 12.0. The summed E-state index contributed by atoms with van der Waals surface area (Å²) < 4.78 is 20.2. The highest BCUT2D eigenvalue weighted by molar-refractivity contribution is 9.10. The molecule has 2 N–H and O–H groups in total. The van der Waals surface area contributed by atoms with Gasteiger partial charge in [-0.1, -0.05) is 12.1 Å². The Morgan fingerprint density at radius 2 is 1.92 bits per heavy atom. The molecule has 0 fully saturated rings. The highest BCUT2D eigenvalue weighted by atomic mass is 79.9. The Morgan fingerprint density at radius 3 is 2.64 bits per heavy atom. The van der Waals surface area contributed by atoms with Gasteiger partial charge < -0.3 is 15.4 Å². The van der Waals surface area contributed by atoms with Crippen molar-refractivity contribution in [2.45, 2.75) is 19.8 Å². The van der Waals surface area contributed by atoms with Gasteiger partial charge in [0.1, 0.15) is 11.6 Å². The Balaban J connectivity index is 1.82. The van der Waals surface area contributed by atoms with Gasteiger partial charge in [-0.2, -0.15) is 0 Å². The fourth-order valence-electron chi connectivity index (χ4n) is 2.09. The van der Waals surface area contributed by atoms with Gasteiger partial charge in [0.05, 0.1) is 16.8 Å². The molecule has 25 heavy (non-hydrogen) atoms. The molecule has 132 valence electrons. The largest absolute Gasteiger partial charge is 0.492 e. The van der Waals surface area contributed by atoms with Gasteiger partial charge in [-0.05, 0) is 52.7 Å². The van der Waals surface area contributed by atoms with Crippen LogP contribution in [-0.4, -0.2) is 18.4 Å². The Bertz CT molecular complexity index is 768. The highest BCUT2D eigenvalue weighted by Gasteiger charge is 2.09. The van der Waals surface area contributed by atoms with E-state index in [1.54, 1.807) is 0 Å². The van der Waals surface area contributed by atoms with Gasteiger partial charge in [0, 0.05) is 19.0 Å². The number of carbonyl (C=O) groups is 2. The molecule has 0 spiro atoms. The molecule has 0 unspecified atom stereocenters. The van der Waals surface area contributed by atoms with Crippen LogP contribution >= 0.6 is 15.9 Å². The van der Waals surface area contributed by atoms with Crippen LogP contribution in [0.4, 0.5) is 15.8 Å². The molecule has 0 saturated heterocycles. The average molecular weight is 409 g/mol. The number of ether oxygens (including phenoxy) is 1. The lowest BCUT2D eigenvalue weighted by Gasteiger charge is -2.10. The normalized spacial score (nSPS) is 10.2. The number of para-hydroxylation sites is 1. The molecular formula is C18H18BrFN2O3. The first-order valence-electron chi connectivity index (χ1n) is 7.70. The molecule has 7 heteroatoms. The highest BCUT2D eigenvalue weighted by Crippen LogP contribution is 2.24. The van der Waals surface area contributed by atoms with Crippen molar-refractivity contribution in [3.8, 4) is 5.75 Å². The summed E-state index contributed by atoms with van der Waals surface area (Å²) in [7, 11) is 0. The quantitative estimate of drug-likeness (QED) is 0.669. The van der Waals surface area contributed by atoms with Crippen LogP contribution < -0.4 is 15.4 Å². The molecule has 0 saturated carbocycles. The predicted octanol–water partition coefficient (Wildman–Crippen LogP) is 4.34. The molecule has 0 aliphatic rings. The van der Waals surface area contributed by atoms with E-state index in [1.807, 2.05) is 24.3 Å². The number of amides is 2. The Morgan fingerprint density at radius 1 is 1.16 bits per heavy atom. The first-order valence-corrected chi connectivity index (χ1v) is 8.49. The number of benzene rings is 2. The molecule has 2 aromatic carbocycles. The maximum absolute atomic E-state index is 13.8. The van der Waals surface area contributed by atoms with E-state index in [0.717, 1.165) is 4.47 Å². The van der Waals surface area contributed by atoms with Gasteiger partial charge in [0.25, 0.3) is 0 Å². The summed E-state index contributed by atoms with van der Waals surface area (Å²) in [4.78, 5) is 23.0. The third-order valence-electron chi connectivity index (χ3n) is 3.20. The average Bonchev–Trinajstić information content (AvgIpc) is 2.56. The van der Waals surface area contributed by atoms with E-state index < -0.39 is 5.82 Å². The van der Waals surface area contributed by atoms with E-state index in [1.165, 1.54) is 25.1 Å².